The molecule has 0 aliphatic carbocycles. The van der Waals surface area contributed by atoms with Gasteiger partial charge in [0.1, 0.15) is 5.75 Å². The Morgan fingerprint density at radius 3 is 2.83 bits per heavy atom. The van der Waals surface area contributed by atoms with Crippen molar-refractivity contribution < 1.29 is 14.3 Å². The third kappa shape index (κ3) is 4.84. The normalized spacial score (nSPS) is 18.3. The van der Waals surface area contributed by atoms with Crippen LogP contribution in [0.1, 0.15) is 19.8 Å². The van der Waals surface area contributed by atoms with Gasteiger partial charge in [-0.15, -0.1) is 12.4 Å². The van der Waals surface area contributed by atoms with Gasteiger partial charge >= 0.3 is 0 Å². The minimum absolute atomic E-state index is 0. The minimum Gasteiger partial charge on any atom is -0.495 e. The van der Waals surface area contributed by atoms with Crippen LogP contribution < -0.4 is 20.7 Å². The van der Waals surface area contributed by atoms with Crippen LogP contribution in [-0.4, -0.2) is 38.1 Å². The van der Waals surface area contributed by atoms with Gasteiger partial charge in [0.2, 0.25) is 11.8 Å². The average Bonchev–Trinajstić information content (AvgIpc) is 2.88. The molecule has 1 fully saturated rings. The van der Waals surface area contributed by atoms with Crippen molar-refractivity contribution >= 4 is 29.9 Å². The van der Waals surface area contributed by atoms with Crippen LogP contribution in [0.3, 0.4) is 0 Å². The molecule has 2 atom stereocenters. The molecule has 1 aromatic rings. The van der Waals surface area contributed by atoms with Gasteiger partial charge in [-0.25, -0.2) is 0 Å². The number of benzene rings is 1. The summed E-state index contributed by atoms with van der Waals surface area (Å²) in [6, 6.07) is 7.38. The number of amides is 2. The number of halogens is 1. The van der Waals surface area contributed by atoms with E-state index in [1.54, 1.807) is 18.1 Å². The third-order valence-corrected chi connectivity index (χ3v) is 3.77. The molecule has 0 radical (unpaired) electrons. The van der Waals surface area contributed by atoms with Gasteiger partial charge in [-0.05, 0) is 25.5 Å². The monoisotopic (exact) mass is 341 g/mol. The molecule has 0 saturated carbocycles. The first kappa shape index (κ1) is 19.3. The highest BCUT2D eigenvalue weighted by molar-refractivity contribution is 6.01. The highest BCUT2D eigenvalue weighted by Gasteiger charge is 2.36. The summed E-state index contributed by atoms with van der Waals surface area (Å²) in [4.78, 5) is 26.0. The van der Waals surface area contributed by atoms with Crippen molar-refractivity contribution in [1.29, 1.82) is 0 Å². The van der Waals surface area contributed by atoms with Gasteiger partial charge in [0.05, 0.1) is 18.7 Å². The predicted molar refractivity (Wildman–Crippen MR) is 92.0 cm³/mol. The Labute approximate surface area is 142 Å². The maximum Gasteiger partial charge on any atom is 0.227 e. The lowest BCUT2D eigenvalue weighted by Gasteiger charge is -2.19. The number of hydrogen-bond donors (Lipinski definition) is 2. The molecule has 1 aromatic carbocycles. The van der Waals surface area contributed by atoms with E-state index in [0.717, 1.165) is 6.42 Å². The molecular formula is C16H24ClN3O3. The first-order chi connectivity index (χ1) is 10.5. The molecule has 2 unspecified atom stereocenters. The van der Waals surface area contributed by atoms with Gasteiger partial charge < -0.3 is 20.7 Å². The molecule has 3 N–H and O–H groups in total. The third-order valence-electron chi connectivity index (χ3n) is 3.77. The van der Waals surface area contributed by atoms with Crippen LogP contribution >= 0.6 is 12.4 Å². The van der Waals surface area contributed by atoms with Crippen LogP contribution in [0, 0.1) is 5.92 Å². The van der Waals surface area contributed by atoms with Crippen molar-refractivity contribution in [2.45, 2.75) is 25.8 Å². The summed E-state index contributed by atoms with van der Waals surface area (Å²) in [7, 11) is 1.57. The number of methoxy groups -OCH3 is 1. The molecule has 0 aromatic heterocycles. The number of carbonyl (C=O) groups is 2. The van der Waals surface area contributed by atoms with E-state index in [-0.39, 0.29) is 42.6 Å². The standard InChI is InChI=1S/C16H23N3O3.ClH/c1-11(17)7-8-18-16(21)12-9-15(20)19(10-12)13-5-3-4-6-14(13)22-2;/h3-6,11-12H,7-10,17H2,1-2H3,(H,18,21);1H. The highest BCUT2D eigenvalue weighted by atomic mass is 35.5. The van der Waals surface area contributed by atoms with E-state index in [9.17, 15) is 9.59 Å². The van der Waals surface area contributed by atoms with Crippen LogP contribution in [0.5, 0.6) is 5.75 Å². The van der Waals surface area contributed by atoms with Crippen LogP contribution in [0.4, 0.5) is 5.69 Å². The van der Waals surface area contributed by atoms with Crippen LogP contribution in [0.2, 0.25) is 0 Å². The molecular weight excluding hydrogens is 318 g/mol. The molecule has 1 saturated heterocycles. The molecule has 6 nitrogen and oxygen atoms in total. The second-order valence-corrected chi connectivity index (χ2v) is 5.63. The number of nitrogens with one attached hydrogen (secondary N) is 1. The van der Waals surface area contributed by atoms with Crippen molar-refractivity contribution in [2.75, 3.05) is 25.1 Å². The smallest absolute Gasteiger partial charge is 0.227 e. The molecule has 0 spiro atoms. The molecule has 1 aliphatic heterocycles. The summed E-state index contributed by atoms with van der Waals surface area (Å²) in [6.45, 7) is 2.81. The minimum atomic E-state index is -0.328. The predicted octanol–water partition coefficient (Wildman–Crippen LogP) is 1.32. The fourth-order valence-electron chi connectivity index (χ4n) is 2.54. The van der Waals surface area contributed by atoms with Crippen LogP contribution in [0.15, 0.2) is 24.3 Å². The lowest BCUT2D eigenvalue weighted by Crippen LogP contribution is -2.35. The Morgan fingerprint density at radius 2 is 2.17 bits per heavy atom. The zero-order valence-electron chi connectivity index (χ0n) is 13.5. The average molecular weight is 342 g/mol. The van der Waals surface area contributed by atoms with Crippen molar-refractivity contribution in [3.63, 3.8) is 0 Å². The summed E-state index contributed by atoms with van der Waals surface area (Å²) in [5, 5.41) is 2.85. The topological polar surface area (TPSA) is 84.7 Å². The number of rotatable bonds is 6. The number of para-hydroxylation sites is 2. The maximum absolute atomic E-state index is 12.2. The molecule has 2 amide bonds. The van der Waals surface area contributed by atoms with E-state index in [0.29, 0.717) is 24.5 Å². The second-order valence-electron chi connectivity index (χ2n) is 5.63. The number of nitrogens with two attached hydrogens (primary N) is 1. The number of nitrogens with zero attached hydrogens (tertiary/aromatic N) is 1. The number of carbonyl (C=O) groups excluding carboxylic acids is 2. The lowest BCUT2D eigenvalue weighted by atomic mass is 10.1. The van der Waals surface area contributed by atoms with Gasteiger partial charge in [-0.2, -0.15) is 0 Å². The van der Waals surface area contributed by atoms with Gasteiger partial charge in [0.15, 0.2) is 0 Å². The van der Waals surface area contributed by atoms with Gasteiger partial charge in [0.25, 0.3) is 0 Å². The fraction of sp³-hybridized carbons (Fsp3) is 0.500. The molecule has 0 bridgehead atoms. The van der Waals surface area contributed by atoms with Crippen molar-refractivity contribution in [3.05, 3.63) is 24.3 Å². The van der Waals surface area contributed by atoms with Gasteiger partial charge in [0, 0.05) is 25.6 Å². The molecule has 1 aliphatic rings. The van der Waals surface area contributed by atoms with Crippen LogP contribution in [0.25, 0.3) is 0 Å². The Kier molecular flexibility index (Phi) is 7.32. The summed E-state index contributed by atoms with van der Waals surface area (Å²) < 4.78 is 5.28. The lowest BCUT2D eigenvalue weighted by molar-refractivity contribution is -0.126. The van der Waals surface area contributed by atoms with Crippen LogP contribution in [-0.2, 0) is 9.59 Å². The van der Waals surface area contributed by atoms with E-state index >= 15 is 0 Å². The number of ether oxygens (including phenoxy) is 1. The van der Waals surface area contributed by atoms with E-state index in [1.165, 1.54) is 0 Å². The zero-order chi connectivity index (χ0) is 16.1. The Morgan fingerprint density at radius 1 is 1.48 bits per heavy atom. The van der Waals surface area contributed by atoms with Gasteiger partial charge in [-0.1, -0.05) is 12.1 Å². The SMILES string of the molecule is COc1ccccc1N1CC(C(=O)NCCC(C)N)CC1=O.Cl. The first-order valence-electron chi connectivity index (χ1n) is 7.49. The molecule has 128 valence electrons. The van der Waals surface area contributed by atoms with E-state index in [4.69, 9.17) is 10.5 Å². The second kappa shape index (κ2) is 8.74. The number of anilines is 1. The summed E-state index contributed by atoms with van der Waals surface area (Å²) >= 11 is 0. The fourth-order valence-corrected chi connectivity index (χ4v) is 2.54. The highest BCUT2D eigenvalue weighted by Crippen LogP contribution is 2.32. The Balaban J connectivity index is 0.00000264. The van der Waals surface area contributed by atoms with Crippen molar-refractivity contribution in [1.82, 2.24) is 5.32 Å². The maximum atomic E-state index is 12.2. The molecule has 1 heterocycles. The quantitative estimate of drug-likeness (QED) is 0.817. The Bertz CT molecular complexity index is 551. The van der Waals surface area contributed by atoms with E-state index in [1.807, 2.05) is 25.1 Å². The Hall–Kier alpha value is -1.79. The van der Waals surface area contributed by atoms with Crippen molar-refractivity contribution in [2.24, 2.45) is 11.7 Å². The molecule has 7 heteroatoms. The zero-order valence-corrected chi connectivity index (χ0v) is 14.3. The first-order valence-corrected chi connectivity index (χ1v) is 7.49. The van der Waals surface area contributed by atoms with Crippen molar-refractivity contribution in [3.8, 4) is 5.75 Å². The van der Waals surface area contributed by atoms with E-state index in [2.05, 4.69) is 5.32 Å². The molecule has 23 heavy (non-hydrogen) atoms. The summed E-state index contributed by atoms with van der Waals surface area (Å²) in [6.07, 6.45) is 0.949. The largest absolute Gasteiger partial charge is 0.495 e. The van der Waals surface area contributed by atoms with E-state index < -0.39 is 0 Å². The summed E-state index contributed by atoms with van der Waals surface area (Å²) in [5.41, 5.74) is 6.37. The number of hydrogen-bond acceptors (Lipinski definition) is 4. The summed E-state index contributed by atoms with van der Waals surface area (Å²) in [5.74, 6) is 0.155. The molecule has 2 rings (SSSR count). The van der Waals surface area contributed by atoms with Gasteiger partial charge in [-0.3, -0.25) is 9.59 Å².